The van der Waals surface area contributed by atoms with Gasteiger partial charge in [0.1, 0.15) is 0 Å². The van der Waals surface area contributed by atoms with Gasteiger partial charge in [-0.2, -0.15) is 0 Å². The quantitative estimate of drug-likeness (QED) is 0.553. The van der Waals surface area contributed by atoms with Gasteiger partial charge < -0.3 is 5.32 Å². The maximum atomic E-state index is 6.78. The largest absolute Gasteiger partial charge is 0.361 e. The third kappa shape index (κ3) is 5.33. The van der Waals surface area contributed by atoms with Gasteiger partial charge in [0.2, 0.25) is 0 Å². The summed E-state index contributed by atoms with van der Waals surface area (Å²) in [5, 5.41) is 4.20. The minimum Gasteiger partial charge on any atom is -0.361 e. The minimum absolute atomic E-state index is 0.204. The Hall–Kier alpha value is -2.32. The van der Waals surface area contributed by atoms with Crippen molar-refractivity contribution in [3.05, 3.63) is 83.0 Å². The predicted molar refractivity (Wildman–Crippen MR) is 118 cm³/mol. The fraction of sp³-hybridized carbons (Fsp3) is 0.292. The average Bonchev–Trinajstić information content (AvgIpc) is 2.67. The normalized spacial score (nSPS) is 19.7. The molecule has 0 saturated carbocycles. The van der Waals surface area contributed by atoms with E-state index in [0.717, 1.165) is 40.4 Å². The van der Waals surface area contributed by atoms with Crippen LogP contribution in [-0.4, -0.2) is 6.21 Å². The Morgan fingerprint density at radius 1 is 0.963 bits per heavy atom. The Morgan fingerprint density at radius 2 is 1.59 bits per heavy atom. The lowest BCUT2D eigenvalue weighted by molar-refractivity contribution is 0.235. The van der Waals surface area contributed by atoms with Gasteiger partial charge in [0.05, 0.1) is 5.69 Å². The van der Waals surface area contributed by atoms with E-state index in [-0.39, 0.29) is 5.41 Å². The van der Waals surface area contributed by atoms with E-state index in [4.69, 9.17) is 11.6 Å². The van der Waals surface area contributed by atoms with Crippen molar-refractivity contribution in [1.82, 2.24) is 0 Å². The van der Waals surface area contributed by atoms with Crippen molar-refractivity contribution in [2.75, 3.05) is 5.32 Å². The Balaban J connectivity index is 1.89. The standard InChI is InChI=1S/C24H27ClN2/c1-24(2,3)20-14-18(16-26-21-10-6-4-7-11-21)23(25)19(15-20)17-27-22-12-8-5-9-13-22/h4-13,16-17,20,26H,14-15H2,1-3H3. The Labute approximate surface area is 167 Å². The predicted octanol–water partition coefficient (Wildman–Crippen LogP) is 7.33. The molecule has 1 aliphatic rings. The van der Waals surface area contributed by atoms with Gasteiger partial charge in [-0.15, -0.1) is 0 Å². The number of nitrogens with one attached hydrogen (secondary N) is 1. The highest BCUT2D eigenvalue weighted by molar-refractivity contribution is 6.33. The molecule has 0 fully saturated rings. The highest BCUT2D eigenvalue weighted by Gasteiger charge is 2.31. The van der Waals surface area contributed by atoms with Gasteiger partial charge in [0.25, 0.3) is 0 Å². The molecule has 0 aliphatic heterocycles. The van der Waals surface area contributed by atoms with Gasteiger partial charge >= 0.3 is 0 Å². The average molecular weight is 379 g/mol. The summed E-state index contributed by atoms with van der Waals surface area (Å²) in [6, 6.07) is 20.2. The molecule has 2 nitrogen and oxygen atoms in total. The van der Waals surface area contributed by atoms with Gasteiger partial charge in [-0.1, -0.05) is 68.8 Å². The second-order valence-electron chi connectivity index (χ2n) is 8.08. The Kier molecular flexibility index (Phi) is 6.18. The lowest BCUT2D eigenvalue weighted by Gasteiger charge is -2.35. The van der Waals surface area contributed by atoms with Gasteiger partial charge in [0.15, 0.2) is 0 Å². The third-order valence-electron chi connectivity index (χ3n) is 5.03. The molecule has 0 bridgehead atoms. The molecule has 2 aromatic carbocycles. The van der Waals surface area contributed by atoms with Crippen LogP contribution in [0.4, 0.5) is 11.4 Å². The number of aliphatic imine (C=N–C) groups is 1. The summed E-state index contributed by atoms with van der Waals surface area (Å²) in [7, 11) is 0. The van der Waals surface area contributed by atoms with Gasteiger partial charge in [-0.3, -0.25) is 4.99 Å². The third-order valence-corrected chi connectivity index (χ3v) is 5.52. The first-order chi connectivity index (χ1) is 12.9. The number of hydrogen-bond donors (Lipinski definition) is 1. The summed E-state index contributed by atoms with van der Waals surface area (Å²) in [6.45, 7) is 6.89. The number of nitrogens with zero attached hydrogens (tertiary/aromatic N) is 1. The second kappa shape index (κ2) is 8.58. The molecular formula is C24H27ClN2. The topological polar surface area (TPSA) is 24.4 Å². The van der Waals surface area contributed by atoms with Crippen molar-refractivity contribution in [3.63, 3.8) is 0 Å². The Bertz CT molecular complexity index is 843. The Morgan fingerprint density at radius 3 is 2.22 bits per heavy atom. The fourth-order valence-corrected chi connectivity index (χ4v) is 3.46. The highest BCUT2D eigenvalue weighted by atomic mass is 35.5. The lowest BCUT2D eigenvalue weighted by Crippen LogP contribution is -2.25. The molecule has 0 aromatic heterocycles. The zero-order valence-corrected chi connectivity index (χ0v) is 17.0. The molecule has 27 heavy (non-hydrogen) atoms. The number of benzene rings is 2. The number of halogens is 1. The zero-order chi connectivity index (χ0) is 19.3. The number of hydrogen-bond acceptors (Lipinski definition) is 2. The summed E-state index contributed by atoms with van der Waals surface area (Å²) < 4.78 is 0. The van der Waals surface area contributed by atoms with Crippen LogP contribution >= 0.6 is 11.6 Å². The maximum Gasteiger partial charge on any atom is 0.0629 e. The van der Waals surface area contributed by atoms with Gasteiger partial charge in [-0.05, 0) is 59.6 Å². The molecule has 3 heteroatoms. The van der Waals surface area contributed by atoms with Crippen LogP contribution < -0.4 is 5.32 Å². The summed E-state index contributed by atoms with van der Waals surface area (Å²) >= 11 is 6.78. The van der Waals surface area contributed by atoms with Gasteiger partial charge in [0, 0.05) is 23.1 Å². The molecule has 0 saturated heterocycles. The molecule has 1 N–H and O–H groups in total. The minimum atomic E-state index is 0.204. The summed E-state index contributed by atoms with van der Waals surface area (Å²) in [6.07, 6.45) is 5.89. The van der Waals surface area contributed by atoms with Crippen LogP contribution in [0, 0.1) is 11.3 Å². The molecular weight excluding hydrogens is 352 g/mol. The van der Waals surface area contributed by atoms with Crippen molar-refractivity contribution in [1.29, 1.82) is 0 Å². The van der Waals surface area contributed by atoms with E-state index in [1.165, 1.54) is 0 Å². The molecule has 0 heterocycles. The van der Waals surface area contributed by atoms with E-state index in [2.05, 4.69) is 43.2 Å². The maximum absolute atomic E-state index is 6.78. The van der Waals surface area contributed by atoms with Crippen LogP contribution in [0.2, 0.25) is 0 Å². The first kappa shape index (κ1) is 19.4. The van der Waals surface area contributed by atoms with E-state index in [0.29, 0.717) is 5.92 Å². The van der Waals surface area contributed by atoms with Crippen molar-refractivity contribution in [2.45, 2.75) is 33.6 Å². The monoisotopic (exact) mass is 378 g/mol. The van der Waals surface area contributed by atoms with Crippen LogP contribution in [0.1, 0.15) is 33.6 Å². The number of rotatable bonds is 4. The molecule has 0 spiro atoms. The van der Waals surface area contributed by atoms with E-state index >= 15 is 0 Å². The summed E-state index contributed by atoms with van der Waals surface area (Å²) in [4.78, 5) is 4.63. The first-order valence-electron chi connectivity index (χ1n) is 9.42. The SMILES string of the molecule is CC(C)(C)C1CC(=CNc2ccccc2)C(Cl)=C(C=Nc2ccccc2)C1. The molecule has 0 radical (unpaired) electrons. The zero-order valence-electron chi connectivity index (χ0n) is 16.2. The molecule has 1 atom stereocenters. The van der Waals surface area contributed by atoms with Crippen molar-refractivity contribution in [2.24, 2.45) is 16.3 Å². The second-order valence-corrected chi connectivity index (χ2v) is 8.46. The summed E-state index contributed by atoms with van der Waals surface area (Å²) in [5.74, 6) is 0.515. The number of anilines is 1. The van der Waals surface area contributed by atoms with Crippen molar-refractivity contribution >= 4 is 29.2 Å². The molecule has 140 valence electrons. The molecule has 2 aromatic rings. The molecule has 1 aliphatic carbocycles. The van der Waals surface area contributed by atoms with E-state index in [9.17, 15) is 0 Å². The van der Waals surface area contributed by atoms with Crippen molar-refractivity contribution in [3.8, 4) is 0 Å². The fourth-order valence-electron chi connectivity index (χ4n) is 3.20. The smallest absolute Gasteiger partial charge is 0.0629 e. The molecule has 3 rings (SSSR count). The summed E-state index contributed by atoms with van der Waals surface area (Å²) in [5.41, 5.74) is 4.45. The molecule has 1 unspecified atom stereocenters. The number of para-hydroxylation sites is 2. The van der Waals surface area contributed by atoms with E-state index in [1.54, 1.807) is 0 Å². The van der Waals surface area contributed by atoms with Crippen LogP contribution in [0.25, 0.3) is 0 Å². The van der Waals surface area contributed by atoms with Crippen LogP contribution in [-0.2, 0) is 0 Å². The van der Waals surface area contributed by atoms with E-state index in [1.807, 2.05) is 60.9 Å². The van der Waals surface area contributed by atoms with Crippen LogP contribution in [0.15, 0.2) is 88.0 Å². The van der Waals surface area contributed by atoms with Crippen LogP contribution in [0.3, 0.4) is 0 Å². The van der Waals surface area contributed by atoms with E-state index < -0.39 is 0 Å². The van der Waals surface area contributed by atoms with Gasteiger partial charge in [-0.25, -0.2) is 0 Å². The number of allylic oxidation sites excluding steroid dienone is 3. The van der Waals surface area contributed by atoms with Crippen LogP contribution in [0.5, 0.6) is 0 Å². The highest BCUT2D eigenvalue weighted by Crippen LogP contribution is 2.43. The first-order valence-corrected chi connectivity index (χ1v) is 9.80. The lowest BCUT2D eigenvalue weighted by atomic mass is 9.71. The van der Waals surface area contributed by atoms with Crippen molar-refractivity contribution < 1.29 is 0 Å². The molecule has 0 amide bonds.